The Labute approximate surface area is 156 Å². The van der Waals surface area contributed by atoms with Crippen LogP contribution >= 0.6 is 11.6 Å². The van der Waals surface area contributed by atoms with Crippen molar-refractivity contribution in [2.45, 2.75) is 6.92 Å². The van der Waals surface area contributed by atoms with Crippen LogP contribution in [0.2, 0.25) is 5.02 Å². The molecule has 0 saturated heterocycles. The first-order chi connectivity index (χ1) is 12.7. The van der Waals surface area contributed by atoms with E-state index in [9.17, 15) is 5.21 Å². The second-order valence-corrected chi connectivity index (χ2v) is 6.50. The van der Waals surface area contributed by atoms with Crippen molar-refractivity contribution in [3.63, 3.8) is 0 Å². The van der Waals surface area contributed by atoms with Gasteiger partial charge in [-0.1, -0.05) is 41.9 Å². The molecule has 4 nitrogen and oxygen atoms in total. The molecule has 2 N–H and O–H groups in total. The van der Waals surface area contributed by atoms with Crippen LogP contribution in [0.1, 0.15) is 6.92 Å². The molecule has 0 unspecified atom stereocenters. The predicted molar refractivity (Wildman–Crippen MR) is 107 cm³/mol. The summed E-state index contributed by atoms with van der Waals surface area (Å²) in [5, 5.41) is 12.1. The smallest absolute Gasteiger partial charge is 0.138 e. The van der Waals surface area contributed by atoms with Gasteiger partial charge in [0.2, 0.25) is 0 Å². The normalized spacial score (nSPS) is 11.0. The fourth-order valence-corrected chi connectivity index (χ4v) is 3.14. The molecule has 4 rings (SSSR count). The number of nitrogens with zero attached hydrogens (tertiary/aromatic N) is 2. The molecule has 0 atom stereocenters. The number of benzene rings is 3. The SMILES string of the molecule is CCN(O)c1cc(-c2ccccc2)c2nc(-c3ccc(Cl)cc3)[nH]c2c1. The maximum Gasteiger partial charge on any atom is 0.138 e. The van der Waals surface area contributed by atoms with Crippen LogP contribution in [0.25, 0.3) is 33.5 Å². The van der Waals surface area contributed by atoms with Gasteiger partial charge in [0.15, 0.2) is 0 Å². The molecule has 0 aliphatic heterocycles. The summed E-state index contributed by atoms with van der Waals surface area (Å²) in [4.78, 5) is 8.19. The third-order valence-electron chi connectivity index (χ3n) is 4.37. The largest absolute Gasteiger partial charge is 0.338 e. The van der Waals surface area contributed by atoms with Crippen LogP contribution in [0.4, 0.5) is 5.69 Å². The minimum Gasteiger partial charge on any atom is -0.338 e. The average molecular weight is 364 g/mol. The summed E-state index contributed by atoms with van der Waals surface area (Å²) in [6.45, 7) is 2.40. The molecule has 0 spiro atoms. The number of rotatable bonds is 4. The quantitative estimate of drug-likeness (QED) is 0.453. The number of hydrogen-bond acceptors (Lipinski definition) is 3. The number of fused-ring (bicyclic) bond motifs is 1. The monoisotopic (exact) mass is 363 g/mol. The molecule has 0 fully saturated rings. The van der Waals surface area contributed by atoms with E-state index >= 15 is 0 Å². The van der Waals surface area contributed by atoms with E-state index in [0.717, 1.165) is 39.2 Å². The Morgan fingerprint density at radius 3 is 2.42 bits per heavy atom. The first-order valence-corrected chi connectivity index (χ1v) is 8.85. The maximum atomic E-state index is 10.2. The second-order valence-electron chi connectivity index (χ2n) is 6.06. The van der Waals surface area contributed by atoms with Crippen molar-refractivity contribution in [1.29, 1.82) is 0 Å². The van der Waals surface area contributed by atoms with Crippen LogP contribution < -0.4 is 5.06 Å². The summed E-state index contributed by atoms with van der Waals surface area (Å²) < 4.78 is 0. The molecule has 1 aromatic heterocycles. The van der Waals surface area contributed by atoms with Gasteiger partial charge in [-0.2, -0.15) is 0 Å². The summed E-state index contributed by atoms with van der Waals surface area (Å²) in [5.74, 6) is 0.770. The van der Waals surface area contributed by atoms with Crippen LogP contribution in [0.3, 0.4) is 0 Å². The Bertz CT molecular complexity index is 1040. The molecular formula is C21H18ClN3O. The number of imidazole rings is 1. The molecular weight excluding hydrogens is 346 g/mol. The number of hydroxylamine groups is 1. The van der Waals surface area contributed by atoms with Gasteiger partial charge in [0.25, 0.3) is 0 Å². The van der Waals surface area contributed by atoms with Gasteiger partial charge in [0, 0.05) is 22.7 Å². The zero-order valence-electron chi connectivity index (χ0n) is 14.3. The molecule has 0 bridgehead atoms. The van der Waals surface area contributed by atoms with Crippen molar-refractivity contribution < 1.29 is 5.21 Å². The first kappa shape index (κ1) is 16.6. The Morgan fingerprint density at radius 2 is 1.73 bits per heavy atom. The molecule has 0 aliphatic rings. The lowest BCUT2D eigenvalue weighted by molar-refractivity contribution is 0.260. The van der Waals surface area contributed by atoms with Crippen LogP contribution in [-0.4, -0.2) is 21.7 Å². The fourth-order valence-electron chi connectivity index (χ4n) is 3.02. The second kappa shape index (κ2) is 6.83. The highest BCUT2D eigenvalue weighted by atomic mass is 35.5. The Kier molecular flexibility index (Phi) is 4.37. The molecule has 130 valence electrons. The van der Waals surface area contributed by atoms with Crippen LogP contribution in [0.5, 0.6) is 0 Å². The van der Waals surface area contributed by atoms with E-state index in [1.807, 2.05) is 73.7 Å². The van der Waals surface area contributed by atoms with Crippen LogP contribution in [0.15, 0.2) is 66.7 Å². The molecule has 0 amide bonds. The molecule has 4 aromatic rings. The summed E-state index contributed by atoms with van der Waals surface area (Å²) in [6, 6.07) is 21.5. The van der Waals surface area contributed by atoms with Gasteiger partial charge in [-0.3, -0.25) is 10.3 Å². The van der Waals surface area contributed by atoms with E-state index in [1.165, 1.54) is 5.06 Å². The summed E-state index contributed by atoms with van der Waals surface area (Å²) >= 11 is 5.99. The number of halogens is 1. The summed E-state index contributed by atoms with van der Waals surface area (Å²) in [5.41, 5.74) is 5.46. The first-order valence-electron chi connectivity index (χ1n) is 8.47. The highest BCUT2D eigenvalue weighted by Gasteiger charge is 2.14. The Hall–Kier alpha value is -2.82. The highest BCUT2D eigenvalue weighted by Crippen LogP contribution is 2.33. The lowest BCUT2D eigenvalue weighted by Crippen LogP contribution is -2.16. The molecule has 5 heteroatoms. The van der Waals surface area contributed by atoms with E-state index < -0.39 is 0 Å². The molecule has 1 heterocycles. The summed E-state index contributed by atoms with van der Waals surface area (Å²) in [6.07, 6.45) is 0. The average Bonchev–Trinajstić information content (AvgIpc) is 3.12. The zero-order chi connectivity index (χ0) is 18.1. The number of nitrogens with one attached hydrogen (secondary N) is 1. The van der Waals surface area contributed by atoms with E-state index in [0.29, 0.717) is 11.6 Å². The van der Waals surface area contributed by atoms with Crippen molar-refractivity contribution in [1.82, 2.24) is 9.97 Å². The topological polar surface area (TPSA) is 52.1 Å². The number of anilines is 1. The van der Waals surface area contributed by atoms with E-state index in [1.54, 1.807) is 0 Å². The molecule has 0 aliphatic carbocycles. The van der Waals surface area contributed by atoms with E-state index in [-0.39, 0.29) is 0 Å². The van der Waals surface area contributed by atoms with Crippen LogP contribution in [0, 0.1) is 0 Å². The minimum absolute atomic E-state index is 0.498. The third kappa shape index (κ3) is 3.05. The van der Waals surface area contributed by atoms with Gasteiger partial charge >= 0.3 is 0 Å². The van der Waals surface area contributed by atoms with Gasteiger partial charge in [-0.25, -0.2) is 4.98 Å². The standard InChI is InChI=1S/C21H18ClN3O/c1-2-25(26)17-12-18(14-6-4-3-5-7-14)20-19(13-17)23-21(24-20)15-8-10-16(22)11-9-15/h3-13,26H,2H2,1H3,(H,23,24). The maximum absolute atomic E-state index is 10.2. The van der Waals surface area contributed by atoms with E-state index in [2.05, 4.69) is 4.98 Å². The lowest BCUT2D eigenvalue weighted by atomic mass is 10.0. The highest BCUT2D eigenvalue weighted by molar-refractivity contribution is 6.30. The number of hydrogen-bond donors (Lipinski definition) is 2. The van der Waals surface area contributed by atoms with Crippen molar-refractivity contribution in [3.05, 3.63) is 71.8 Å². The predicted octanol–water partition coefficient (Wildman–Crippen LogP) is 5.77. The van der Waals surface area contributed by atoms with Gasteiger partial charge in [0.05, 0.1) is 16.7 Å². The van der Waals surface area contributed by atoms with Crippen molar-refractivity contribution in [2.75, 3.05) is 11.6 Å². The fraction of sp³-hybridized carbons (Fsp3) is 0.0952. The minimum atomic E-state index is 0.498. The number of aromatic nitrogens is 2. The Morgan fingerprint density at radius 1 is 1.00 bits per heavy atom. The van der Waals surface area contributed by atoms with Crippen molar-refractivity contribution >= 4 is 28.3 Å². The number of aromatic amines is 1. The molecule has 0 saturated carbocycles. The van der Waals surface area contributed by atoms with Gasteiger partial charge in [0.1, 0.15) is 5.82 Å². The lowest BCUT2D eigenvalue weighted by Gasteiger charge is -2.16. The molecule has 3 aromatic carbocycles. The number of H-pyrrole nitrogens is 1. The van der Waals surface area contributed by atoms with Gasteiger partial charge in [-0.05, 0) is 48.9 Å². The zero-order valence-corrected chi connectivity index (χ0v) is 15.0. The van der Waals surface area contributed by atoms with Crippen LogP contribution in [-0.2, 0) is 0 Å². The molecule has 26 heavy (non-hydrogen) atoms. The van der Waals surface area contributed by atoms with Crippen molar-refractivity contribution in [3.8, 4) is 22.5 Å². The van der Waals surface area contributed by atoms with Crippen molar-refractivity contribution in [2.24, 2.45) is 0 Å². The van der Waals surface area contributed by atoms with Gasteiger partial charge < -0.3 is 4.98 Å². The van der Waals surface area contributed by atoms with Gasteiger partial charge in [-0.15, -0.1) is 0 Å². The summed E-state index contributed by atoms with van der Waals surface area (Å²) in [7, 11) is 0. The van der Waals surface area contributed by atoms with E-state index in [4.69, 9.17) is 16.6 Å². The third-order valence-corrected chi connectivity index (χ3v) is 4.62. The Balaban J connectivity index is 1.94. The molecule has 0 radical (unpaired) electrons.